The average Bonchev–Trinajstić information content (AvgIpc) is 3.25. The second-order valence-corrected chi connectivity index (χ2v) is 8.26. The minimum Gasteiger partial charge on any atom is -0.497 e. The zero-order valence-electron chi connectivity index (χ0n) is 18.3. The van der Waals surface area contributed by atoms with E-state index in [4.69, 9.17) is 9.47 Å². The van der Waals surface area contributed by atoms with E-state index in [9.17, 15) is 4.79 Å². The molecule has 31 heavy (non-hydrogen) atoms. The number of methoxy groups -OCH3 is 1. The normalized spacial score (nSPS) is 14.8. The van der Waals surface area contributed by atoms with Crippen LogP contribution in [0, 0.1) is 0 Å². The molecule has 1 saturated heterocycles. The van der Waals surface area contributed by atoms with Crippen molar-refractivity contribution in [2.75, 3.05) is 33.4 Å². The number of ether oxygens (including phenoxy) is 2. The highest BCUT2D eigenvalue weighted by atomic mass is 16.5. The van der Waals surface area contributed by atoms with Gasteiger partial charge in [-0.15, -0.1) is 0 Å². The lowest BCUT2D eigenvalue weighted by Crippen LogP contribution is -2.37. The first-order valence-electron chi connectivity index (χ1n) is 11.3. The van der Waals surface area contributed by atoms with E-state index in [-0.39, 0.29) is 5.91 Å². The monoisotopic (exact) mass is 420 g/mol. The smallest absolute Gasteiger partial charge is 0.222 e. The van der Waals surface area contributed by atoms with Gasteiger partial charge in [0, 0.05) is 43.2 Å². The zero-order chi connectivity index (χ0) is 21.5. The number of H-pyrrole nitrogens is 1. The molecular formula is C26H32N2O3. The lowest BCUT2D eigenvalue weighted by molar-refractivity contribution is -0.132. The van der Waals surface area contributed by atoms with E-state index >= 15 is 0 Å². The number of aromatic amines is 1. The van der Waals surface area contributed by atoms with Crippen molar-refractivity contribution in [2.45, 2.75) is 38.0 Å². The van der Waals surface area contributed by atoms with Crippen molar-refractivity contribution >= 4 is 16.8 Å². The zero-order valence-corrected chi connectivity index (χ0v) is 18.3. The first-order chi connectivity index (χ1) is 15.2. The molecule has 164 valence electrons. The average molecular weight is 421 g/mol. The molecular weight excluding hydrogens is 388 g/mol. The van der Waals surface area contributed by atoms with Crippen LogP contribution in [0.3, 0.4) is 0 Å². The molecule has 0 unspecified atom stereocenters. The van der Waals surface area contributed by atoms with Crippen molar-refractivity contribution in [3.8, 4) is 5.75 Å². The molecule has 2 aromatic carbocycles. The molecule has 5 nitrogen and oxygen atoms in total. The Labute approximate surface area is 184 Å². The molecule has 0 spiro atoms. The van der Waals surface area contributed by atoms with Crippen molar-refractivity contribution in [1.29, 1.82) is 0 Å². The van der Waals surface area contributed by atoms with Crippen LogP contribution < -0.4 is 4.74 Å². The van der Waals surface area contributed by atoms with Crippen molar-refractivity contribution in [1.82, 2.24) is 9.88 Å². The lowest BCUT2D eigenvalue weighted by atomic mass is 9.89. The Bertz CT molecular complexity index is 975. The van der Waals surface area contributed by atoms with Crippen LogP contribution in [0.4, 0.5) is 0 Å². The molecule has 1 amide bonds. The van der Waals surface area contributed by atoms with Crippen molar-refractivity contribution in [2.24, 2.45) is 0 Å². The largest absolute Gasteiger partial charge is 0.497 e. The van der Waals surface area contributed by atoms with Crippen LogP contribution >= 0.6 is 0 Å². The van der Waals surface area contributed by atoms with Gasteiger partial charge in [0.05, 0.1) is 13.7 Å². The summed E-state index contributed by atoms with van der Waals surface area (Å²) in [6, 6.07) is 16.5. The van der Waals surface area contributed by atoms with Crippen LogP contribution in [0.1, 0.15) is 42.7 Å². The summed E-state index contributed by atoms with van der Waals surface area (Å²) in [4.78, 5) is 18.0. The van der Waals surface area contributed by atoms with Gasteiger partial charge in [-0.3, -0.25) is 4.79 Å². The van der Waals surface area contributed by atoms with E-state index in [0.29, 0.717) is 25.6 Å². The molecule has 0 atom stereocenters. The molecule has 1 aliphatic rings. The van der Waals surface area contributed by atoms with E-state index in [1.54, 1.807) is 7.11 Å². The quantitative estimate of drug-likeness (QED) is 0.500. The third-order valence-electron chi connectivity index (χ3n) is 6.27. The molecule has 2 heterocycles. The molecule has 3 aromatic rings. The van der Waals surface area contributed by atoms with Crippen molar-refractivity contribution in [3.63, 3.8) is 0 Å². The van der Waals surface area contributed by atoms with Gasteiger partial charge >= 0.3 is 0 Å². The fourth-order valence-electron chi connectivity index (χ4n) is 4.45. The number of piperidine rings is 1. The first kappa shape index (κ1) is 21.4. The third kappa shape index (κ3) is 5.47. The van der Waals surface area contributed by atoms with Gasteiger partial charge in [0.25, 0.3) is 0 Å². The van der Waals surface area contributed by atoms with Crippen LogP contribution in [-0.4, -0.2) is 49.2 Å². The van der Waals surface area contributed by atoms with Gasteiger partial charge in [-0.2, -0.15) is 0 Å². The SMILES string of the molecule is COc1ccc2[nH]cc(C3CCN(C(=O)CCCOCCc4ccccc4)CC3)c2c1. The van der Waals surface area contributed by atoms with E-state index in [0.717, 1.165) is 50.0 Å². The second-order valence-electron chi connectivity index (χ2n) is 8.26. The summed E-state index contributed by atoms with van der Waals surface area (Å²) in [6.45, 7) is 3.01. The molecule has 1 N–H and O–H groups in total. The maximum atomic E-state index is 12.6. The van der Waals surface area contributed by atoms with Gasteiger partial charge in [0.15, 0.2) is 0 Å². The fraction of sp³-hybridized carbons (Fsp3) is 0.423. The van der Waals surface area contributed by atoms with Gasteiger partial charge in [-0.05, 0) is 60.9 Å². The standard InChI is InChI=1S/C26H32N2O3/c1-30-22-9-10-25-23(18-22)24(19-27-25)21-11-14-28(15-12-21)26(29)8-5-16-31-17-13-20-6-3-2-4-7-20/h2-4,6-7,9-10,18-19,21,27H,5,8,11-17H2,1H3. The Kier molecular flexibility index (Phi) is 7.26. The molecule has 1 fully saturated rings. The second kappa shape index (κ2) is 10.5. The summed E-state index contributed by atoms with van der Waals surface area (Å²) in [7, 11) is 1.70. The molecule has 4 rings (SSSR count). The number of carbonyl (C=O) groups excluding carboxylic acids is 1. The summed E-state index contributed by atoms with van der Waals surface area (Å²) in [5.41, 5.74) is 3.77. The summed E-state index contributed by atoms with van der Waals surface area (Å²) in [5, 5.41) is 1.23. The van der Waals surface area contributed by atoms with Gasteiger partial charge in [-0.1, -0.05) is 30.3 Å². The van der Waals surface area contributed by atoms with Gasteiger partial charge in [0.2, 0.25) is 5.91 Å². The van der Waals surface area contributed by atoms with Crippen LogP contribution in [-0.2, 0) is 16.0 Å². The predicted octanol–water partition coefficient (Wildman–Crippen LogP) is 4.92. The number of nitrogens with zero attached hydrogens (tertiary/aromatic N) is 1. The number of hydrogen-bond donors (Lipinski definition) is 1. The van der Waals surface area contributed by atoms with Crippen molar-refractivity contribution < 1.29 is 14.3 Å². The Hall–Kier alpha value is -2.79. The third-order valence-corrected chi connectivity index (χ3v) is 6.27. The van der Waals surface area contributed by atoms with Crippen LogP contribution in [0.5, 0.6) is 5.75 Å². The van der Waals surface area contributed by atoms with Gasteiger partial charge in [-0.25, -0.2) is 0 Å². The molecule has 0 radical (unpaired) electrons. The number of hydrogen-bond acceptors (Lipinski definition) is 3. The topological polar surface area (TPSA) is 54.6 Å². The predicted molar refractivity (Wildman–Crippen MR) is 124 cm³/mol. The number of carbonyl (C=O) groups is 1. The number of amides is 1. The maximum absolute atomic E-state index is 12.6. The van der Waals surface area contributed by atoms with Crippen molar-refractivity contribution in [3.05, 3.63) is 65.9 Å². The number of aromatic nitrogens is 1. The van der Waals surface area contributed by atoms with E-state index in [2.05, 4.69) is 35.4 Å². The van der Waals surface area contributed by atoms with Crippen LogP contribution in [0.15, 0.2) is 54.7 Å². The molecule has 0 bridgehead atoms. The fourth-order valence-corrected chi connectivity index (χ4v) is 4.45. The summed E-state index contributed by atoms with van der Waals surface area (Å²) in [5.74, 6) is 1.61. The lowest BCUT2D eigenvalue weighted by Gasteiger charge is -2.32. The van der Waals surface area contributed by atoms with E-state index in [1.807, 2.05) is 29.2 Å². The number of nitrogens with one attached hydrogen (secondary N) is 1. The van der Waals surface area contributed by atoms with Crippen LogP contribution in [0.25, 0.3) is 10.9 Å². The number of likely N-dealkylation sites (tertiary alicyclic amines) is 1. The van der Waals surface area contributed by atoms with E-state index < -0.39 is 0 Å². The summed E-state index contributed by atoms with van der Waals surface area (Å²) in [6.07, 6.45) is 6.41. The minimum absolute atomic E-state index is 0.255. The highest BCUT2D eigenvalue weighted by Gasteiger charge is 2.25. The number of benzene rings is 2. The van der Waals surface area contributed by atoms with E-state index in [1.165, 1.54) is 16.5 Å². The summed E-state index contributed by atoms with van der Waals surface area (Å²) < 4.78 is 11.1. The number of rotatable bonds is 9. The Morgan fingerprint density at radius 3 is 2.68 bits per heavy atom. The highest BCUT2D eigenvalue weighted by Crippen LogP contribution is 2.34. The molecule has 0 aliphatic carbocycles. The van der Waals surface area contributed by atoms with Crippen LogP contribution in [0.2, 0.25) is 0 Å². The Morgan fingerprint density at radius 2 is 1.90 bits per heavy atom. The molecule has 0 saturated carbocycles. The van der Waals surface area contributed by atoms with Gasteiger partial charge in [0.1, 0.15) is 5.75 Å². The number of fused-ring (bicyclic) bond motifs is 1. The molecule has 5 heteroatoms. The summed E-state index contributed by atoms with van der Waals surface area (Å²) >= 11 is 0. The molecule has 1 aliphatic heterocycles. The first-order valence-corrected chi connectivity index (χ1v) is 11.3. The Balaban J connectivity index is 1.18. The Morgan fingerprint density at radius 1 is 1.10 bits per heavy atom. The maximum Gasteiger partial charge on any atom is 0.222 e. The molecule has 1 aromatic heterocycles. The highest BCUT2D eigenvalue weighted by molar-refractivity contribution is 5.85. The minimum atomic E-state index is 0.255. The van der Waals surface area contributed by atoms with Gasteiger partial charge < -0.3 is 19.4 Å².